The number of esters is 3. The molecular weight excluding hydrogens is 1020 g/mol. The Balaban J connectivity index is 4.18. The third kappa shape index (κ3) is 69.3. The maximum absolute atomic E-state index is 12.9. The van der Waals surface area contributed by atoms with Crippen molar-refractivity contribution < 1.29 is 28.6 Å². The Morgan fingerprint density at radius 3 is 0.783 bits per heavy atom. The smallest absolute Gasteiger partial charge is 0.306 e. The zero-order valence-corrected chi connectivity index (χ0v) is 55.2. The maximum Gasteiger partial charge on any atom is 0.306 e. The molecule has 83 heavy (non-hydrogen) atoms. The van der Waals surface area contributed by atoms with Crippen molar-refractivity contribution in [3.63, 3.8) is 0 Å². The largest absolute Gasteiger partial charge is 0.462 e. The molecule has 0 fully saturated rings. The Labute approximate surface area is 515 Å². The number of hydrogen-bond acceptors (Lipinski definition) is 6. The number of carbonyl (C=O) groups is 3. The molecule has 0 bridgehead atoms. The number of rotatable bonds is 66. The quantitative estimate of drug-likeness (QED) is 0.0261. The van der Waals surface area contributed by atoms with Crippen molar-refractivity contribution in [1.29, 1.82) is 0 Å². The molecule has 0 amide bonds. The van der Waals surface area contributed by atoms with E-state index in [1.54, 1.807) is 0 Å². The van der Waals surface area contributed by atoms with E-state index >= 15 is 0 Å². The van der Waals surface area contributed by atoms with Crippen LogP contribution in [0.3, 0.4) is 0 Å². The molecule has 1 unspecified atom stereocenters. The summed E-state index contributed by atoms with van der Waals surface area (Å²) in [5, 5.41) is 0. The molecule has 0 aliphatic carbocycles. The van der Waals surface area contributed by atoms with Crippen LogP contribution in [0.25, 0.3) is 0 Å². The van der Waals surface area contributed by atoms with Crippen LogP contribution in [0, 0.1) is 0 Å². The topological polar surface area (TPSA) is 78.9 Å². The number of carbonyl (C=O) groups excluding carboxylic acids is 3. The first-order valence-electron chi connectivity index (χ1n) is 36.1. The van der Waals surface area contributed by atoms with E-state index in [-0.39, 0.29) is 31.1 Å². The van der Waals surface area contributed by atoms with Gasteiger partial charge in [0.1, 0.15) is 13.2 Å². The van der Waals surface area contributed by atoms with Gasteiger partial charge in [0.25, 0.3) is 0 Å². The molecule has 6 nitrogen and oxygen atoms in total. The second-order valence-corrected chi connectivity index (χ2v) is 24.1. The van der Waals surface area contributed by atoms with Gasteiger partial charge in [-0.3, -0.25) is 14.4 Å². The Morgan fingerprint density at radius 2 is 0.482 bits per heavy atom. The third-order valence-electron chi connectivity index (χ3n) is 15.9. The fourth-order valence-electron chi connectivity index (χ4n) is 10.4. The van der Waals surface area contributed by atoms with Crippen molar-refractivity contribution in [2.45, 2.75) is 374 Å². The van der Waals surface area contributed by atoms with Gasteiger partial charge in [0.2, 0.25) is 0 Å². The van der Waals surface area contributed by atoms with E-state index in [1.807, 2.05) is 0 Å². The molecule has 0 heterocycles. The van der Waals surface area contributed by atoms with Gasteiger partial charge in [0.05, 0.1) is 0 Å². The summed E-state index contributed by atoms with van der Waals surface area (Å²) in [6, 6.07) is 0. The lowest BCUT2D eigenvalue weighted by molar-refractivity contribution is -0.167. The predicted octanol–water partition coefficient (Wildman–Crippen LogP) is 25.0. The molecule has 0 aromatic heterocycles. The first-order chi connectivity index (χ1) is 41.0. The van der Waals surface area contributed by atoms with E-state index in [1.165, 1.54) is 225 Å². The molecule has 0 aliphatic rings. The molecule has 0 aliphatic heterocycles. The van der Waals surface area contributed by atoms with Gasteiger partial charge in [0.15, 0.2) is 6.10 Å². The van der Waals surface area contributed by atoms with Crippen LogP contribution in [0.2, 0.25) is 0 Å². The second-order valence-electron chi connectivity index (χ2n) is 24.1. The molecule has 480 valence electrons. The second kappa shape index (κ2) is 71.1. The summed E-state index contributed by atoms with van der Waals surface area (Å²) in [6.45, 7) is 6.52. The van der Waals surface area contributed by atoms with Crippen LogP contribution in [0.5, 0.6) is 0 Å². The molecule has 0 rings (SSSR count). The minimum Gasteiger partial charge on any atom is -0.462 e. The number of ether oxygens (including phenoxy) is 3. The van der Waals surface area contributed by atoms with E-state index in [4.69, 9.17) is 14.2 Å². The lowest BCUT2D eigenvalue weighted by Gasteiger charge is -2.18. The monoisotopic (exact) mass is 1160 g/mol. The van der Waals surface area contributed by atoms with Gasteiger partial charge in [-0.25, -0.2) is 0 Å². The van der Waals surface area contributed by atoms with E-state index in [9.17, 15) is 14.4 Å². The fraction of sp³-hybridized carbons (Fsp3) is 0.779. The first kappa shape index (κ1) is 79.6. The van der Waals surface area contributed by atoms with Gasteiger partial charge in [0, 0.05) is 19.3 Å². The zero-order chi connectivity index (χ0) is 59.9. The van der Waals surface area contributed by atoms with E-state index in [2.05, 4.69) is 106 Å². The zero-order valence-electron chi connectivity index (χ0n) is 55.2. The summed E-state index contributed by atoms with van der Waals surface area (Å²) in [5.41, 5.74) is 0. The Kier molecular flexibility index (Phi) is 68.2. The molecule has 0 aromatic rings. The van der Waals surface area contributed by atoms with Crippen molar-refractivity contribution in [1.82, 2.24) is 0 Å². The molecule has 0 radical (unpaired) electrons. The lowest BCUT2D eigenvalue weighted by Crippen LogP contribution is -2.30. The summed E-state index contributed by atoms with van der Waals surface area (Å²) in [4.78, 5) is 38.4. The highest BCUT2D eigenvalue weighted by molar-refractivity contribution is 5.71. The lowest BCUT2D eigenvalue weighted by atomic mass is 10.0. The SMILES string of the molecule is CC/C=C\C/C=C\C/C=C\C/C=C\C/C=C\CCCCCCCCCC(=O)OC(COC(=O)CCCCCCC/C=C\CCCC)COC(=O)CCCCCCCCCCCCCCCCCCCCC/C=C\CCCCCCCCCC. The molecule has 0 aromatic carbocycles. The summed E-state index contributed by atoms with van der Waals surface area (Å²) >= 11 is 0. The highest BCUT2D eigenvalue weighted by Gasteiger charge is 2.19. The molecule has 0 spiro atoms. The summed E-state index contributed by atoms with van der Waals surface area (Å²) in [5.74, 6) is -0.886. The summed E-state index contributed by atoms with van der Waals surface area (Å²) < 4.78 is 16.9. The molecule has 0 N–H and O–H groups in total. The number of allylic oxidation sites excluding steroid dienone is 14. The highest BCUT2D eigenvalue weighted by atomic mass is 16.6. The Bertz CT molecular complexity index is 1570. The average Bonchev–Trinajstić information content (AvgIpc) is 3.48. The molecule has 0 saturated carbocycles. The van der Waals surface area contributed by atoms with Crippen LogP contribution in [-0.4, -0.2) is 37.2 Å². The maximum atomic E-state index is 12.9. The van der Waals surface area contributed by atoms with Gasteiger partial charge in [-0.2, -0.15) is 0 Å². The van der Waals surface area contributed by atoms with Crippen molar-refractivity contribution in [3.05, 3.63) is 85.1 Å². The van der Waals surface area contributed by atoms with E-state index in [0.717, 1.165) is 103 Å². The van der Waals surface area contributed by atoms with Gasteiger partial charge in [-0.05, 0) is 109 Å². The van der Waals surface area contributed by atoms with E-state index < -0.39 is 6.10 Å². The summed E-state index contributed by atoms with van der Waals surface area (Å²) in [6.07, 6.45) is 94.9. The highest BCUT2D eigenvalue weighted by Crippen LogP contribution is 2.18. The minimum atomic E-state index is -0.787. The standard InChI is InChI=1S/C77H136O6/c1-4-7-10-13-16-19-22-24-26-28-30-32-34-35-36-37-38-39-40-41-43-44-46-48-50-52-55-58-61-64-67-70-76(79)82-73-74(72-81-75(78)69-66-63-60-57-54-21-18-15-12-9-6-3)83-77(80)71-68-65-62-59-56-53-51-49-47-45-42-33-31-29-27-25-23-20-17-14-11-8-5-2/h8,11,15,17-18,20,25,27-28,30-31,33,45,47,74H,4-7,9-10,12-14,16,19,21-24,26,29,32,34-44,46,48-73H2,1-3H3/b11-8-,18-15-,20-17-,27-25-,30-28-,33-31-,47-45-. The molecule has 6 heteroatoms. The van der Waals surface area contributed by atoms with Crippen LogP contribution in [-0.2, 0) is 28.6 Å². The number of hydrogen-bond donors (Lipinski definition) is 0. The normalized spacial score (nSPS) is 12.6. The fourth-order valence-corrected chi connectivity index (χ4v) is 10.4. The van der Waals surface area contributed by atoms with Crippen LogP contribution < -0.4 is 0 Å². The summed E-state index contributed by atoms with van der Waals surface area (Å²) in [7, 11) is 0. The van der Waals surface area contributed by atoms with Crippen LogP contribution in [0.15, 0.2) is 85.1 Å². The van der Waals surface area contributed by atoms with Crippen LogP contribution in [0.1, 0.15) is 367 Å². The van der Waals surface area contributed by atoms with Crippen molar-refractivity contribution >= 4 is 17.9 Å². The predicted molar refractivity (Wildman–Crippen MR) is 362 cm³/mol. The van der Waals surface area contributed by atoms with Gasteiger partial charge in [-0.1, -0.05) is 324 Å². The van der Waals surface area contributed by atoms with Crippen molar-refractivity contribution in [3.8, 4) is 0 Å². The van der Waals surface area contributed by atoms with Gasteiger partial charge >= 0.3 is 17.9 Å². The molecular formula is C77H136O6. The van der Waals surface area contributed by atoms with Crippen LogP contribution in [0.4, 0.5) is 0 Å². The average molecular weight is 1160 g/mol. The molecule has 0 saturated heterocycles. The Morgan fingerprint density at radius 1 is 0.253 bits per heavy atom. The minimum absolute atomic E-state index is 0.0809. The molecule has 1 atom stereocenters. The van der Waals surface area contributed by atoms with Crippen molar-refractivity contribution in [2.75, 3.05) is 13.2 Å². The van der Waals surface area contributed by atoms with Crippen LogP contribution >= 0.6 is 0 Å². The third-order valence-corrected chi connectivity index (χ3v) is 15.9. The van der Waals surface area contributed by atoms with Gasteiger partial charge < -0.3 is 14.2 Å². The first-order valence-corrected chi connectivity index (χ1v) is 36.1. The van der Waals surface area contributed by atoms with Gasteiger partial charge in [-0.15, -0.1) is 0 Å². The van der Waals surface area contributed by atoms with Crippen molar-refractivity contribution in [2.24, 2.45) is 0 Å². The Hall–Kier alpha value is -3.41. The number of unbranched alkanes of at least 4 members (excludes halogenated alkanes) is 41. The van der Waals surface area contributed by atoms with E-state index in [0.29, 0.717) is 19.3 Å².